The van der Waals surface area contributed by atoms with Gasteiger partial charge in [0.25, 0.3) is 5.69 Å². The molecule has 0 bridgehead atoms. The first-order chi connectivity index (χ1) is 12.8. The van der Waals surface area contributed by atoms with Gasteiger partial charge < -0.3 is 5.32 Å². The highest BCUT2D eigenvalue weighted by atomic mass is 32.2. The van der Waals surface area contributed by atoms with Crippen molar-refractivity contribution in [2.24, 2.45) is 5.92 Å². The molecule has 6 nitrogen and oxygen atoms in total. The lowest BCUT2D eigenvalue weighted by Crippen LogP contribution is -2.13. The number of rotatable bonds is 5. The van der Waals surface area contributed by atoms with Crippen LogP contribution in [0, 0.1) is 16.0 Å². The van der Waals surface area contributed by atoms with Crippen LogP contribution < -0.4 is 5.32 Å². The van der Waals surface area contributed by atoms with Crippen molar-refractivity contribution in [2.45, 2.75) is 35.5 Å². The summed E-state index contributed by atoms with van der Waals surface area (Å²) in [6.45, 7) is 0. The van der Waals surface area contributed by atoms with Crippen molar-refractivity contribution in [3.8, 4) is 0 Å². The van der Waals surface area contributed by atoms with E-state index in [1.807, 2.05) is 12.1 Å². The van der Waals surface area contributed by atoms with Gasteiger partial charge >= 0.3 is 5.76 Å². The number of benzene rings is 2. The third-order valence-corrected chi connectivity index (χ3v) is 6.76. The number of nitro groups is 1. The molecule has 0 aliphatic heterocycles. The molecule has 0 spiro atoms. The van der Waals surface area contributed by atoms with E-state index < -0.39 is 31.1 Å². The predicted octanol–water partition coefficient (Wildman–Crippen LogP) is 3.73. The number of aryl methyl sites for hydroxylation is 1. The molecule has 1 saturated carbocycles. The Kier molecular flexibility index (Phi) is 4.14. The molecule has 0 radical (unpaired) electrons. The highest BCUT2D eigenvalue weighted by Crippen LogP contribution is 2.56. The van der Waals surface area contributed by atoms with Crippen LogP contribution in [0.5, 0.6) is 0 Å². The molecule has 2 aromatic rings. The van der Waals surface area contributed by atoms with Crippen molar-refractivity contribution >= 4 is 21.2 Å². The van der Waals surface area contributed by atoms with E-state index in [4.69, 9.17) is 0 Å². The van der Waals surface area contributed by atoms with E-state index in [1.165, 1.54) is 17.2 Å². The predicted molar refractivity (Wildman–Crippen MR) is 94.7 cm³/mol. The molecule has 2 aliphatic carbocycles. The van der Waals surface area contributed by atoms with Gasteiger partial charge in [0.2, 0.25) is 9.84 Å². The van der Waals surface area contributed by atoms with Crippen LogP contribution in [0.1, 0.15) is 23.5 Å². The van der Waals surface area contributed by atoms with Crippen molar-refractivity contribution < 1.29 is 22.1 Å². The number of sulfone groups is 1. The van der Waals surface area contributed by atoms with Crippen LogP contribution in [0.25, 0.3) is 0 Å². The van der Waals surface area contributed by atoms with Crippen LogP contribution in [-0.2, 0) is 16.3 Å². The van der Waals surface area contributed by atoms with Gasteiger partial charge in [0.15, 0.2) is 0 Å². The number of alkyl halides is 2. The summed E-state index contributed by atoms with van der Waals surface area (Å²) in [5.41, 5.74) is 2.13. The first kappa shape index (κ1) is 17.8. The average Bonchev–Trinajstić information content (AvgIpc) is 3.35. The summed E-state index contributed by atoms with van der Waals surface area (Å²) in [5, 5.41) is 14.5. The van der Waals surface area contributed by atoms with Crippen LogP contribution >= 0.6 is 0 Å². The number of nitrogens with one attached hydrogen (secondary N) is 1. The Balaban J connectivity index is 1.63. The molecule has 1 N–H and O–H groups in total. The minimum atomic E-state index is -4.89. The van der Waals surface area contributed by atoms with E-state index in [2.05, 4.69) is 17.4 Å². The van der Waals surface area contributed by atoms with Gasteiger partial charge in [-0.15, -0.1) is 0 Å². The summed E-state index contributed by atoms with van der Waals surface area (Å²) < 4.78 is 48.6. The molecular weight excluding hydrogens is 378 g/mol. The maximum atomic E-state index is 12.7. The van der Waals surface area contributed by atoms with Crippen molar-refractivity contribution in [3.05, 3.63) is 63.7 Å². The van der Waals surface area contributed by atoms with Crippen molar-refractivity contribution in [1.29, 1.82) is 0 Å². The minimum Gasteiger partial charge on any atom is -0.376 e. The first-order valence-electron chi connectivity index (χ1n) is 8.45. The molecule has 27 heavy (non-hydrogen) atoms. The lowest BCUT2D eigenvalue weighted by atomic mass is 9.92. The highest BCUT2D eigenvalue weighted by molar-refractivity contribution is 7.91. The van der Waals surface area contributed by atoms with E-state index in [0.717, 1.165) is 18.9 Å². The highest BCUT2D eigenvalue weighted by Gasteiger charge is 2.53. The number of halogens is 2. The van der Waals surface area contributed by atoms with Gasteiger partial charge in [-0.2, -0.15) is 8.78 Å². The van der Waals surface area contributed by atoms with E-state index in [1.54, 1.807) is 0 Å². The largest absolute Gasteiger partial charge is 0.376 e. The fraction of sp³-hybridized carbons (Fsp3) is 0.333. The molecule has 0 amide bonds. The molecule has 2 aliphatic rings. The minimum absolute atomic E-state index is 0.00454. The van der Waals surface area contributed by atoms with E-state index in [9.17, 15) is 27.3 Å². The second-order valence-electron chi connectivity index (χ2n) is 6.84. The smallest absolute Gasteiger partial charge is 0.341 e. The van der Waals surface area contributed by atoms with Crippen LogP contribution in [0.4, 0.5) is 20.2 Å². The molecular formula is C18H16F2N2O4S. The number of nitro benzene ring substituents is 1. The van der Waals surface area contributed by atoms with E-state index in [0.29, 0.717) is 12.0 Å². The molecule has 3 unspecified atom stereocenters. The van der Waals surface area contributed by atoms with Crippen molar-refractivity contribution in [1.82, 2.24) is 0 Å². The number of hydrogen-bond donors (Lipinski definition) is 1. The normalized spacial score (nSPS) is 23.4. The lowest BCUT2D eigenvalue weighted by molar-refractivity contribution is -0.384. The Morgan fingerprint density at radius 1 is 1.19 bits per heavy atom. The third kappa shape index (κ3) is 2.95. The molecule has 0 heterocycles. The fourth-order valence-corrected chi connectivity index (χ4v) is 4.75. The summed E-state index contributed by atoms with van der Waals surface area (Å²) in [6, 6.07) is 11.0. The zero-order valence-electron chi connectivity index (χ0n) is 14.0. The molecule has 3 atom stereocenters. The Morgan fingerprint density at radius 3 is 2.63 bits per heavy atom. The molecule has 4 rings (SSSR count). The van der Waals surface area contributed by atoms with E-state index in [-0.39, 0.29) is 17.6 Å². The van der Waals surface area contributed by atoms with Gasteiger partial charge in [0, 0.05) is 18.0 Å². The quantitative estimate of drug-likeness (QED) is 0.617. The van der Waals surface area contributed by atoms with E-state index >= 15 is 0 Å². The number of fused-ring (bicyclic) bond motifs is 3. The maximum Gasteiger partial charge on any atom is 0.341 e. The lowest BCUT2D eigenvalue weighted by Gasteiger charge is -2.13. The Bertz CT molecular complexity index is 1030. The van der Waals surface area contributed by atoms with Crippen LogP contribution in [-0.4, -0.2) is 25.1 Å². The van der Waals surface area contributed by atoms with Gasteiger partial charge in [-0.05, 0) is 42.0 Å². The van der Waals surface area contributed by atoms with Crippen molar-refractivity contribution in [2.75, 3.05) is 5.32 Å². The Morgan fingerprint density at radius 2 is 1.93 bits per heavy atom. The first-order valence-corrected chi connectivity index (χ1v) is 10.00. The van der Waals surface area contributed by atoms with Gasteiger partial charge in [-0.3, -0.25) is 10.1 Å². The Labute approximate surface area is 154 Å². The van der Waals surface area contributed by atoms with Gasteiger partial charge in [0.1, 0.15) is 5.69 Å². The SMILES string of the molecule is O=[N+]([O-])c1cc(S(=O)(=O)C(F)F)ccc1NC1C2CCc3ccccc3C21. The zero-order chi connectivity index (χ0) is 19.3. The number of anilines is 1. The molecule has 1 fully saturated rings. The summed E-state index contributed by atoms with van der Waals surface area (Å²) in [5.74, 6) is -3.03. The molecule has 0 aromatic heterocycles. The van der Waals surface area contributed by atoms with Crippen LogP contribution in [0.3, 0.4) is 0 Å². The molecule has 2 aromatic carbocycles. The van der Waals surface area contributed by atoms with Gasteiger partial charge in [-0.25, -0.2) is 8.42 Å². The fourth-order valence-electron chi connectivity index (χ4n) is 4.01. The monoisotopic (exact) mass is 394 g/mol. The second kappa shape index (κ2) is 6.26. The molecule has 142 valence electrons. The maximum absolute atomic E-state index is 12.7. The van der Waals surface area contributed by atoms with Crippen LogP contribution in [0.15, 0.2) is 47.4 Å². The molecule has 0 saturated heterocycles. The zero-order valence-corrected chi connectivity index (χ0v) is 14.8. The summed E-state index contributed by atoms with van der Waals surface area (Å²) in [6.07, 6.45) is 1.91. The third-order valence-electron chi connectivity index (χ3n) is 5.38. The standard InChI is InChI=1S/C18H16F2N2O4S/c19-18(20)27(25,26)11-6-8-14(15(9-11)22(23)24)21-17-13-7-5-10-3-1-2-4-12(10)16(13)17/h1-4,6,8-9,13,16-18,21H,5,7H2. The average molecular weight is 394 g/mol. The summed E-state index contributed by atoms with van der Waals surface area (Å²) in [4.78, 5) is 9.86. The summed E-state index contributed by atoms with van der Waals surface area (Å²) >= 11 is 0. The van der Waals surface area contributed by atoms with Crippen molar-refractivity contribution in [3.63, 3.8) is 0 Å². The van der Waals surface area contributed by atoms with Crippen LogP contribution in [0.2, 0.25) is 0 Å². The van der Waals surface area contributed by atoms with Gasteiger partial charge in [-0.1, -0.05) is 24.3 Å². The number of hydrogen-bond acceptors (Lipinski definition) is 5. The molecule has 9 heteroatoms. The number of nitrogens with zero attached hydrogens (tertiary/aromatic N) is 1. The Hall–Kier alpha value is -2.55. The topological polar surface area (TPSA) is 89.3 Å². The summed E-state index contributed by atoms with van der Waals surface area (Å²) in [7, 11) is -4.89. The van der Waals surface area contributed by atoms with Gasteiger partial charge in [0.05, 0.1) is 9.82 Å². The second-order valence-corrected chi connectivity index (χ2v) is 8.76.